The summed E-state index contributed by atoms with van der Waals surface area (Å²) in [6.45, 7) is 1.04. The summed E-state index contributed by atoms with van der Waals surface area (Å²) < 4.78 is 100. The number of alkyl halides is 6. The number of aryl methyl sites for hydroxylation is 1. The Hall–Kier alpha value is -1.67. The lowest BCUT2D eigenvalue weighted by Crippen LogP contribution is -2.42. The van der Waals surface area contributed by atoms with Crippen molar-refractivity contribution in [3.05, 3.63) is 34.9 Å². The highest BCUT2D eigenvalue weighted by atomic mass is 19.4. The molecule has 0 radical (unpaired) electrons. The van der Waals surface area contributed by atoms with Crippen molar-refractivity contribution >= 4 is 5.78 Å². The molecule has 0 heterocycles. The minimum atomic E-state index is -5.96. The van der Waals surface area contributed by atoms with E-state index < -0.39 is 41.3 Å². The van der Waals surface area contributed by atoms with Crippen LogP contribution < -0.4 is 0 Å². The van der Waals surface area contributed by atoms with Gasteiger partial charge >= 0.3 is 12.4 Å². The fourth-order valence-corrected chi connectivity index (χ4v) is 1.47. The van der Waals surface area contributed by atoms with Gasteiger partial charge in [0, 0.05) is 0 Å². The lowest BCUT2D eigenvalue weighted by atomic mass is 9.95. The van der Waals surface area contributed by atoms with Crippen LogP contribution in [0.3, 0.4) is 0 Å². The molecule has 1 aromatic rings. The molecule has 0 aliphatic carbocycles. The maximum atomic E-state index is 13.3. The molecule has 0 amide bonds. The van der Waals surface area contributed by atoms with Gasteiger partial charge in [0.25, 0.3) is 0 Å². The highest BCUT2D eigenvalue weighted by molar-refractivity contribution is 5.99. The first kappa shape index (κ1) is 16.4. The molecule has 0 aliphatic rings. The molecule has 20 heavy (non-hydrogen) atoms. The van der Waals surface area contributed by atoms with Crippen LogP contribution in [0, 0.1) is 24.5 Å². The average molecular weight is 306 g/mol. The van der Waals surface area contributed by atoms with E-state index in [1.165, 1.54) is 0 Å². The van der Waals surface area contributed by atoms with Crippen molar-refractivity contribution in [3.8, 4) is 0 Å². The van der Waals surface area contributed by atoms with E-state index in [1.807, 2.05) is 0 Å². The van der Waals surface area contributed by atoms with Crippen molar-refractivity contribution in [1.29, 1.82) is 0 Å². The molecule has 0 saturated heterocycles. The van der Waals surface area contributed by atoms with Gasteiger partial charge in [-0.1, -0.05) is 0 Å². The molecule has 0 bridgehead atoms. The van der Waals surface area contributed by atoms with Crippen LogP contribution in [-0.4, -0.2) is 18.1 Å². The number of Topliss-reactive ketones (excluding diaryl/α,β-unsaturated/α-hetero) is 1. The van der Waals surface area contributed by atoms with Crippen LogP contribution in [0.2, 0.25) is 0 Å². The molecule has 0 unspecified atom stereocenters. The van der Waals surface area contributed by atoms with Crippen molar-refractivity contribution in [3.63, 3.8) is 0 Å². The fraction of sp³-hybridized carbons (Fsp3) is 0.364. The Labute approximate surface area is 107 Å². The van der Waals surface area contributed by atoms with Gasteiger partial charge in [-0.15, -0.1) is 0 Å². The molecule has 0 aromatic heterocycles. The Balaban J connectivity index is 3.38. The van der Waals surface area contributed by atoms with E-state index in [2.05, 4.69) is 0 Å². The molecule has 1 nitrogen and oxygen atoms in total. The molecule has 0 saturated carbocycles. The third-order valence-corrected chi connectivity index (χ3v) is 2.43. The van der Waals surface area contributed by atoms with Crippen LogP contribution in [0.5, 0.6) is 0 Å². The second-order valence-electron chi connectivity index (χ2n) is 3.96. The predicted octanol–water partition coefficient (Wildman–Crippen LogP) is 4.20. The zero-order chi connectivity index (χ0) is 15.9. The summed E-state index contributed by atoms with van der Waals surface area (Å²) >= 11 is 0. The van der Waals surface area contributed by atoms with Crippen LogP contribution in [-0.2, 0) is 0 Å². The number of benzene rings is 1. The zero-order valence-electron chi connectivity index (χ0n) is 9.66. The second-order valence-corrected chi connectivity index (χ2v) is 3.96. The molecule has 0 spiro atoms. The van der Waals surface area contributed by atoms with Gasteiger partial charge < -0.3 is 0 Å². The third-order valence-electron chi connectivity index (χ3n) is 2.43. The van der Waals surface area contributed by atoms with Gasteiger partial charge in [0.1, 0.15) is 11.6 Å². The van der Waals surface area contributed by atoms with Crippen LogP contribution in [0.15, 0.2) is 12.1 Å². The Kier molecular flexibility index (Phi) is 4.12. The lowest BCUT2D eigenvalue weighted by Gasteiger charge is -2.22. The lowest BCUT2D eigenvalue weighted by molar-refractivity contribution is -0.264. The molecular weight excluding hydrogens is 300 g/mol. The Morgan fingerprint density at radius 1 is 0.950 bits per heavy atom. The molecule has 9 heteroatoms. The van der Waals surface area contributed by atoms with Gasteiger partial charge in [0.15, 0.2) is 5.78 Å². The summed E-state index contributed by atoms with van der Waals surface area (Å²) in [7, 11) is 0. The topological polar surface area (TPSA) is 17.1 Å². The number of carbonyl (C=O) groups is 1. The van der Waals surface area contributed by atoms with Crippen molar-refractivity contribution in [1.82, 2.24) is 0 Å². The highest BCUT2D eigenvalue weighted by Gasteiger charge is 2.61. The first-order valence-electron chi connectivity index (χ1n) is 4.99. The van der Waals surface area contributed by atoms with Gasteiger partial charge in [-0.2, -0.15) is 26.3 Å². The first-order valence-corrected chi connectivity index (χ1v) is 4.99. The molecule has 1 aromatic carbocycles. The summed E-state index contributed by atoms with van der Waals surface area (Å²) in [5.74, 6) is -9.90. The number of carbonyl (C=O) groups excluding carboxylic acids is 1. The molecule has 0 atom stereocenters. The van der Waals surface area contributed by atoms with E-state index in [0.29, 0.717) is 6.07 Å². The maximum absolute atomic E-state index is 13.3. The summed E-state index contributed by atoms with van der Waals surface area (Å²) in [6.07, 6.45) is -11.9. The molecule has 0 aliphatic heterocycles. The fourth-order valence-electron chi connectivity index (χ4n) is 1.47. The summed E-state index contributed by atoms with van der Waals surface area (Å²) in [4.78, 5) is 11.3. The molecule has 0 N–H and O–H groups in total. The second kappa shape index (κ2) is 5.02. The molecule has 0 fully saturated rings. The number of halogens is 8. The van der Waals surface area contributed by atoms with Crippen LogP contribution in [0.25, 0.3) is 0 Å². The van der Waals surface area contributed by atoms with E-state index in [-0.39, 0.29) is 11.6 Å². The van der Waals surface area contributed by atoms with Crippen molar-refractivity contribution in [2.75, 3.05) is 0 Å². The Bertz CT molecular complexity index is 514. The largest absolute Gasteiger partial charge is 0.407 e. The van der Waals surface area contributed by atoms with Gasteiger partial charge in [-0.25, -0.2) is 8.78 Å². The molecular formula is C11H6F8O. The maximum Gasteiger partial charge on any atom is 0.407 e. The third kappa shape index (κ3) is 3.26. The number of ketones is 1. The van der Waals surface area contributed by atoms with Gasteiger partial charge in [-0.3, -0.25) is 4.79 Å². The number of rotatable bonds is 2. The molecule has 112 valence electrons. The number of hydrogen-bond acceptors (Lipinski definition) is 1. The standard InChI is InChI=1S/C11H6F8O/c1-4-2-7(13)5(3-6(4)12)8(20)9(10(14,15)16)11(17,18)19/h2-3,9H,1H3. The van der Waals surface area contributed by atoms with Gasteiger partial charge in [-0.05, 0) is 24.6 Å². The van der Waals surface area contributed by atoms with Gasteiger partial charge in [0.2, 0.25) is 5.92 Å². The highest BCUT2D eigenvalue weighted by Crippen LogP contribution is 2.41. The average Bonchev–Trinajstić information content (AvgIpc) is 2.18. The smallest absolute Gasteiger partial charge is 0.293 e. The Morgan fingerprint density at radius 3 is 1.80 bits per heavy atom. The number of hydrogen-bond donors (Lipinski definition) is 0. The Morgan fingerprint density at radius 2 is 1.40 bits per heavy atom. The minimum absolute atomic E-state index is 0.0253. The van der Waals surface area contributed by atoms with E-state index in [1.54, 1.807) is 0 Å². The summed E-state index contributed by atoms with van der Waals surface area (Å²) in [5, 5.41) is 0. The normalized spacial score (nSPS) is 12.9. The minimum Gasteiger partial charge on any atom is -0.293 e. The summed E-state index contributed by atoms with van der Waals surface area (Å²) in [6, 6.07) is 0.379. The van der Waals surface area contributed by atoms with E-state index in [0.717, 1.165) is 6.92 Å². The van der Waals surface area contributed by atoms with E-state index in [9.17, 15) is 39.9 Å². The van der Waals surface area contributed by atoms with E-state index >= 15 is 0 Å². The van der Waals surface area contributed by atoms with Crippen LogP contribution in [0.1, 0.15) is 15.9 Å². The van der Waals surface area contributed by atoms with Crippen molar-refractivity contribution < 1.29 is 39.9 Å². The van der Waals surface area contributed by atoms with Crippen LogP contribution >= 0.6 is 0 Å². The predicted molar refractivity (Wildman–Crippen MR) is 51.0 cm³/mol. The van der Waals surface area contributed by atoms with Crippen molar-refractivity contribution in [2.45, 2.75) is 19.3 Å². The van der Waals surface area contributed by atoms with Crippen molar-refractivity contribution in [2.24, 2.45) is 5.92 Å². The monoisotopic (exact) mass is 306 g/mol. The molecule has 1 rings (SSSR count). The van der Waals surface area contributed by atoms with Crippen LogP contribution in [0.4, 0.5) is 35.1 Å². The zero-order valence-corrected chi connectivity index (χ0v) is 9.66. The quantitative estimate of drug-likeness (QED) is 0.591. The van der Waals surface area contributed by atoms with E-state index in [4.69, 9.17) is 0 Å². The SMILES string of the molecule is Cc1cc(F)c(C(=O)C(C(F)(F)F)C(F)(F)F)cc1F. The summed E-state index contributed by atoms with van der Waals surface area (Å²) in [5.41, 5.74) is -1.94. The first-order chi connectivity index (χ1) is 8.85. The van der Waals surface area contributed by atoms with Gasteiger partial charge in [0.05, 0.1) is 5.56 Å².